The van der Waals surface area contributed by atoms with Crippen LogP contribution in [-0.2, 0) is 4.79 Å². The van der Waals surface area contributed by atoms with Gasteiger partial charge in [0.1, 0.15) is 6.29 Å². The number of aldehydes is 1. The van der Waals surface area contributed by atoms with Gasteiger partial charge in [0.2, 0.25) is 0 Å². The highest BCUT2D eigenvalue weighted by Crippen LogP contribution is 2.29. The summed E-state index contributed by atoms with van der Waals surface area (Å²) in [6.07, 6.45) is 7.95. The second kappa shape index (κ2) is 2.68. The molecule has 2 aliphatic heterocycles. The molecule has 0 amide bonds. The zero-order valence-electron chi connectivity index (χ0n) is 6.62. The Labute approximate surface area is 66.9 Å². The number of rotatable bonds is 1. The van der Waals surface area contributed by atoms with E-state index in [0.29, 0.717) is 0 Å². The number of carbonyl (C=O) groups is 1. The van der Waals surface area contributed by atoms with Gasteiger partial charge in [-0.2, -0.15) is 0 Å². The van der Waals surface area contributed by atoms with Crippen molar-refractivity contribution in [2.75, 3.05) is 6.54 Å². The number of carbonyl (C=O) groups excluding carboxylic acids is 1. The Morgan fingerprint density at radius 3 is 3.36 bits per heavy atom. The average Bonchev–Trinajstić information content (AvgIpc) is 2.47. The maximum Gasteiger partial charge on any atom is 0.142 e. The molecule has 0 N–H and O–H groups in total. The van der Waals surface area contributed by atoms with Crippen molar-refractivity contribution >= 4 is 6.29 Å². The van der Waals surface area contributed by atoms with Crippen LogP contribution in [0, 0.1) is 0 Å². The van der Waals surface area contributed by atoms with Crippen molar-refractivity contribution in [1.29, 1.82) is 0 Å². The first-order valence-electron chi connectivity index (χ1n) is 4.33. The summed E-state index contributed by atoms with van der Waals surface area (Å²) in [4.78, 5) is 12.9. The maximum atomic E-state index is 10.6. The third-order valence-corrected chi connectivity index (χ3v) is 2.61. The van der Waals surface area contributed by atoms with Gasteiger partial charge in [0.15, 0.2) is 0 Å². The van der Waals surface area contributed by atoms with Gasteiger partial charge in [0.25, 0.3) is 0 Å². The third-order valence-electron chi connectivity index (χ3n) is 2.61. The minimum absolute atomic E-state index is 0.196. The van der Waals surface area contributed by atoms with Gasteiger partial charge in [0, 0.05) is 12.2 Å². The molecule has 2 nitrogen and oxygen atoms in total. The highest BCUT2D eigenvalue weighted by Gasteiger charge is 2.28. The van der Waals surface area contributed by atoms with Gasteiger partial charge in [0.05, 0.1) is 6.04 Å². The first-order chi connectivity index (χ1) is 5.42. The lowest BCUT2D eigenvalue weighted by atomic mass is 10.2. The summed E-state index contributed by atoms with van der Waals surface area (Å²) in [5.41, 5.74) is 1.41. The van der Waals surface area contributed by atoms with Crippen LogP contribution in [0.3, 0.4) is 0 Å². The highest BCUT2D eigenvalue weighted by molar-refractivity contribution is 5.59. The van der Waals surface area contributed by atoms with E-state index in [1.54, 1.807) is 0 Å². The lowest BCUT2D eigenvalue weighted by Gasteiger charge is -2.27. The highest BCUT2D eigenvalue weighted by atomic mass is 16.1. The standard InChI is InChI=1S/C9H13NO/c11-7-9-5-4-8-3-1-2-6-10(8)9/h3,7,9H,1-2,4-6H2. The topological polar surface area (TPSA) is 20.3 Å². The molecular weight excluding hydrogens is 138 g/mol. The normalized spacial score (nSPS) is 29.6. The van der Waals surface area contributed by atoms with Crippen molar-refractivity contribution in [1.82, 2.24) is 4.90 Å². The Bertz CT molecular complexity index is 198. The molecule has 0 aromatic rings. The first-order valence-corrected chi connectivity index (χ1v) is 4.33. The quantitative estimate of drug-likeness (QED) is 0.527. The summed E-state index contributed by atoms with van der Waals surface area (Å²) in [5, 5.41) is 0. The molecule has 2 aliphatic rings. The van der Waals surface area contributed by atoms with Crippen LogP contribution in [0.2, 0.25) is 0 Å². The second-order valence-corrected chi connectivity index (χ2v) is 3.27. The zero-order chi connectivity index (χ0) is 7.68. The molecule has 1 saturated heterocycles. The van der Waals surface area contributed by atoms with E-state index in [4.69, 9.17) is 0 Å². The predicted molar refractivity (Wildman–Crippen MR) is 43.1 cm³/mol. The van der Waals surface area contributed by atoms with Gasteiger partial charge in [-0.15, -0.1) is 0 Å². The van der Waals surface area contributed by atoms with E-state index in [9.17, 15) is 4.79 Å². The van der Waals surface area contributed by atoms with Crippen LogP contribution in [0.5, 0.6) is 0 Å². The van der Waals surface area contributed by atoms with Crippen molar-refractivity contribution in [3.63, 3.8) is 0 Å². The smallest absolute Gasteiger partial charge is 0.142 e. The van der Waals surface area contributed by atoms with E-state index >= 15 is 0 Å². The lowest BCUT2D eigenvalue weighted by molar-refractivity contribution is -0.111. The monoisotopic (exact) mass is 151 g/mol. The molecule has 0 aliphatic carbocycles. The molecule has 0 bridgehead atoms. The van der Waals surface area contributed by atoms with Gasteiger partial charge < -0.3 is 9.69 Å². The molecule has 60 valence electrons. The predicted octanol–water partition coefficient (Wildman–Crippen LogP) is 1.33. The summed E-state index contributed by atoms with van der Waals surface area (Å²) >= 11 is 0. The van der Waals surface area contributed by atoms with Gasteiger partial charge in [-0.1, -0.05) is 6.08 Å². The van der Waals surface area contributed by atoms with Crippen LogP contribution >= 0.6 is 0 Å². The largest absolute Gasteiger partial charge is 0.365 e. The molecule has 2 heteroatoms. The summed E-state index contributed by atoms with van der Waals surface area (Å²) in [6.45, 7) is 1.09. The van der Waals surface area contributed by atoms with Gasteiger partial charge in [-0.05, 0) is 25.7 Å². The Kier molecular flexibility index (Phi) is 1.68. The molecule has 1 fully saturated rings. The number of hydrogen-bond donors (Lipinski definition) is 0. The van der Waals surface area contributed by atoms with Crippen molar-refractivity contribution in [2.24, 2.45) is 0 Å². The average molecular weight is 151 g/mol. The molecule has 0 radical (unpaired) electrons. The van der Waals surface area contributed by atoms with Crippen LogP contribution in [0.25, 0.3) is 0 Å². The van der Waals surface area contributed by atoms with Crippen molar-refractivity contribution in [3.8, 4) is 0 Å². The molecule has 0 aromatic heterocycles. The minimum Gasteiger partial charge on any atom is -0.365 e. The van der Waals surface area contributed by atoms with Gasteiger partial charge >= 0.3 is 0 Å². The molecule has 1 atom stereocenters. The number of allylic oxidation sites excluding steroid dienone is 2. The van der Waals surface area contributed by atoms with E-state index in [1.807, 2.05) is 0 Å². The Hall–Kier alpha value is -0.790. The van der Waals surface area contributed by atoms with E-state index < -0.39 is 0 Å². The molecule has 0 aromatic carbocycles. The van der Waals surface area contributed by atoms with E-state index in [2.05, 4.69) is 11.0 Å². The fraction of sp³-hybridized carbons (Fsp3) is 0.667. The summed E-state index contributed by atoms with van der Waals surface area (Å²) in [5.74, 6) is 0. The molecule has 11 heavy (non-hydrogen) atoms. The minimum atomic E-state index is 0.196. The molecule has 0 spiro atoms. The van der Waals surface area contributed by atoms with E-state index in [1.165, 1.54) is 18.5 Å². The fourth-order valence-corrected chi connectivity index (χ4v) is 2.01. The Morgan fingerprint density at radius 1 is 1.64 bits per heavy atom. The van der Waals surface area contributed by atoms with Crippen molar-refractivity contribution in [2.45, 2.75) is 31.7 Å². The van der Waals surface area contributed by atoms with Gasteiger partial charge in [-0.25, -0.2) is 0 Å². The number of fused-ring (bicyclic) bond motifs is 1. The van der Waals surface area contributed by atoms with Crippen LogP contribution in [0.1, 0.15) is 25.7 Å². The SMILES string of the molecule is O=CC1CCC2=CCCCN21. The summed E-state index contributed by atoms with van der Waals surface area (Å²) in [6, 6.07) is 0.196. The van der Waals surface area contributed by atoms with Crippen LogP contribution in [0.4, 0.5) is 0 Å². The summed E-state index contributed by atoms with van der Waals surface area (Å²) in [7, 11) is 0. The maximum absolute atomic E-state index is 10.6. The molecular formula is C9H13NO. The van der Waals surface area contributed by atoms with Crippen LogP contribution < -0.4 is 0 Å². The molecule has 0 saturated carbocycles. The zero-order valence-corrected chi connectivity index (χ0v) is 6.62. The van der Waals surface area contributed by atoms with E-state index in [-0.39, 0.29) is 6.04 Å². The van der Waals surface area contributed by atoms with Crippen molar-refractivity contribution < 1.29 is 4.79 Å². The van der Waals surface area contributed by atoms with Crippen LogP contribution in [0.15, 0.2) is 11.8 Å². The third kappa shape index (κ3) is 1.06. The molecule has 1 unspecified atom stereocenters. The van der Waals surface area contributed by atoms with Gasteiger partial charge in [-0.3, -0.25) is 0 Å². The Morgan fingerprint density at radius 2 is 2.55 bits per heavy atom. The van der Waals surface area contributed by atoms with E-state index in [0.717, 1.165) is 25.7 Å². The van der Waals surface area contributed by atoms with Crippen LogP contribution in [-0.4, -0.2) is 23.8 Å². The second-order valence-electron chi connectivity index (χ2n) is 3.27. The first kappa shape index (κ1) is 6.89. The van der Waals surface area contributed by atoms with Crippen molar-refractivity contribution in [3.05, 3.63) is 11.8 Å². The summed E-state index contributed by atoms with van der Waals surface area (Å²) < 4.78 is 0. The number of hydrogen-bond acceptors (Lipinski definition) is 2. The molecule has 2 rings (SSSR count). The Balaban J connectivity index is 2.17. The fourth-order valence-electron chi connectivity index (χ4n) is 2.01. The molecule has 2 heterocycles. The number of nitrogens with zero attached hydrogens (tertiary/aromatic N) is 1. The lowest BCUT2D eigenvalue weighted by Crippen LogP contribution is -2.31.